The van der Waals surface area contributed by atoms with Gasteiger partial charge in [0.15, 0.2) is 0 Å². The van der Waals surface area contributed by atoms with E-state index in [1.54, 1.807) is 30.3 Å². The highest BCUT2D eigenvalue weighted by atomic mass is 32.2. The number of benzene rings is 2. The minimum absolute atomic E-state index is 0.0338. The quantitative estimate of drug-likeness (QED) is 0.586. The van der Waals surface area contributed by atoms with Gasteiger partial charge in [0.1, 0.15) is 10.6 Å². The van der Waals surface area contributed by atoms with Crippen LogP contribution >= 0.6 is 0 Å². The number of rotatable bonds is 6. The van der Waals surface area contributed by atoms with Gasteiger partial charge in [0.25, 0.3) is 0 Å². The summed E-state index contributed by atoms with van der Waals surface area (Å²) in [6.07, 6.45) is 1.85. The second-order valence-corrected chi connectivity index (χ2v) is 7.37. The first-order chi connectivity index (χ1) is 12.1. The van der Waals surface area contributed by atoms with Crippen molar-refractivity contribution in [1.82, 2.24) is 4.90 Å². The van der Waals surface area contributed by atoms with E-state index >= 15 is 0 Å². The maximum absolute atomic E-state index is 12.2. The molecule has 0 amide bonds. The molecule has 1 heterocycles. The minimum atomic E-state index is -3.82. The molecule has 1 saturated heterocycles. The van der Waals surface area contributed by atoms with Crippen LogP contribution in [0.2, 0.25) is 0 Å². The Bertz CT molecular complexity index is 803. The van der Waals surface area contributed by atoms with E-state index in [-0.39, 0.29) is 16.7 Å². The molecule has 3 rings (SSSR count). The molecule has 6 heteroatoms. The molecule has 0 spiro atoms. The van der Waals surface area contributed by atoms with Gasteiger partial charge in [0.05, 0.1) is 12.7 Å². The second kappa shape index (κ2) is 7.82. The maximum Gasteiger partial charge on any atom is 0.339 e. The Morgan fingerprint density at radius 2 is 1.88 bits per heavy atom. The lowest BCUT2D eigenvalue weighted by atomic mass is 10.1. The summed E-state index contributed by atoms with van der Waals surface area (Å²) in [6, 6.07) is 15.1. The van der Waals surface area contributed by atoms with E-state index in [0.29, 0.717) is 6.61 Å². The molecule has 1 atom stereocenters. The smallest absolute Gasteiger partial charge is 0.339 e. The summed E-state index contributed by atoms with van der Waals surface area (Å²) >= 11 is 0. The summed E-state index contributed by atoms with van der Waals surface area (Å²) < 4.78 is 35.5. The van der Waals surface area contributed by atoms with Crippen molar-refractivity contribution in [2.75, 3.05) is 26.2 Å². The number of ether oxygens (including phenoxy) is 1. The Morgan fingerprint density at radius 1 is 1.16 bits per heavy atom. The van der Waals surface area contributed by atoms with E-state index in [1.165, 1.54) is 12.1 Å². The number of hydrogen-bond acceptors (Lipinski definition) is 5. The fraction of sp³-hybridized carbons (Fsp3) is 0.263. The van der Waals surface area contributed by atoms with Crippen LogP contribution in [0.4, 0.5) is 0 Å². The summed E-state index contributed by atoms with van der Waals surface area (Å²) in [5, 5.41) is 0. The Kier molecular flexibility index (Phi) is 5.53. The zero-order chi connectivity index (χ0) is 17.7. The van der Waals surface area contributed by atoms with Crippen molar-refractivity contribution in [1.29, 1.82) is 0 Å². The predicted octanol–water partition coefficient (Wildman–Crippen LogP) is 3.01. The van der Waals surface area contributed by atoms with Crippen molar-refractivity contribution in [3.05, 3.63) is 72.8 Å². The van der Waals surface area contributed by atoms with Gasteiger partial charge in [-0.15, -0.1) is 6.58 Å². The van der Waals surface area contributed by atoms with Crippen LogP contribution in [-0.2, 0) is 14.9 Å². The van der Waals surface area contributed by atoms with Gasteiger partial charge < -0.3 is 8.92 Å². The molecule has 2 aromatic rings. The summed E-state index contributed by atoms with van der Waals surface area (Å²) in [7, 11) is -3.82. The first kappa shape index (κ1) is 17.7. The van der Waals surface area contributed by atoms with E-state index < -0.39 is 10.1 Å². The molecular formula is C19H21NO4S. The average molecular weight is 359 g/mol. The Balaban J connectivity index is 1.69. The van der Waals surface area contributed by atoms with Crippen LogP contribution < -0.4 is 4.18 Å². The van der Waals surface area contributed by atoms with Gasteiger partial charge in [0, 0.05) is 19.6 Å². The zero-order valence-electron chi connectivity index (χ0n) is 13.9. The zero-order valence-corrected chi connectivity index (χ0v) is 14.7. The molecular weight excluding hydrogens is 338 g/mol. The average Bonchev–Trinajstić information content (AvgIpc) is 2.63. The molecule has 1 aliphatic heterocycles. The highest BCUT2D eigenvalue weighted by Gasteiger charge is 2.22. The predicted molar refractivity (Wildman–Crippen MR) is 96.0 cm³/mol. The first-order valence-electron chi connectivity index (χ1n) is 8.13. The van der Waals surface area contributed by atoms with Gasteiger partial charge in [-0.25, -0.2) is 0 Å². The van der Waals surface area contributed by atoms with Gasteiger partial charge >= 0.3 is 10.1 Å². The Morgan fingerprint density at radius 3 is 2.56 bits per heavy atom. The van der Waals surface area contributed by atoms with Gasteiger partial charge in [-0.05, 0) is 29.8 Å². The van der Waals surface area contributed by atoms with E-state index in [0.717, 1.165) is 25.2 Å². The highest BCUT2D eigenvalue weighted by molar-refractivity contribution is 7.87. The van der Waals surface area contributed by atoms with Crippen molar-refractivity contribution >= 4 is 10.1 Å². The summed E-state index contributed by atoms with van der Waals surface area (Å²) in [5.41, 5.74) is 0.998. The Labute approximate surface area is 148 Å². The van der Waals surface area contributed by atoms with Gasteiger partial charge in [-0.2, -0.15) is 8.42 Å². The van der Waals surface area contributed by atoms with Crippen LogP contribution in [0.3, 0.4) is 0 Å². The number of hydrogen-bond donors (Lipinski definition) is 0. The van der Waals surface area contributed by atoms with Crippen molar-refractivity contribution < 1.29 is 17.3 Å². The van der Waals surface area contributed by atoms with Crippen LogP contribution in [-0.4, -0.2) is 39.6 Å². The topological polar surface area (TPSA) is 55.8 Å². The molecule has 1 aliphatic rings. The lowest BCUT2D eigenvalue weighted by Gasteiger charge is -2.32. The van der Waals surface area contributed by atoms with Crippen LogP contribution in [0.5, 0.6) is 5.75 Å². The first-order valence-corrected chi connectivity index (χ1v) is 9.54. The third-order valence-electron chi connectivity index (χ3n) is 4.03. The summed E-state index contributed by atoms with van der Waals surface area (Å²) in [6.45, 7) is 6.94. The van der Waals surface area contributed by atoms with Gasteiger partial charge in [-0.1, -0.05) is 36.4 Å². The third-order valence-corrected chi connectivity index (χ3v) is 5.29. The van der Waals surface area contributed by atoms with E-state index in [4.69, 9.17) is 8.92 Å². The molecule has 0 aromatic heterocycles. The van der Waals surface area contributed by atoms with Crippen molar-refractivity contribution in [2.45, 2.75) is 11.0 Å². The number of nitrogens with zero attached hydrogens (tertiary/aromatic N) is 1. The normalized spacial score (nSPS) is 18.6. The van der Waals surface area contributed by atoms with Crippen molar-refractivity contribution in [2.24, 2.45) is 0 Å². The standard InChI is InChI=1S/C19H21NO4S/c1-2-12-20-13-14-23-19(15-20)16-8-10-17(11-9-16)24-25(21,22)18-6-4-3-5-7-18/h2-11,19H,1,12-15H2/t19-/m1/s1. The molecule has 0 N–H and O–H groups in total. The molecule has 0 saturated carbocycles. The molecule has 1 fully saturated rings. The van der Waals surface area contributed by atoms with Crippen molar-refractivity contribution in [3.63, 3.8) is 0 Å². The van der Waals surface area contributed by atoms with Gasteiger partial charge in [0.2, 0.25) is 0 Å². The monoisotopic (exact) mass is 359 g/mol. The van der Waals surface area contributed by atoms with Crippen LogP contribution in [0.25, 0.3) is 0 Å². The highest BCUT2D eigenvalue weighted by Crippen LogP contribution is 2.25. The third kappa shape index (κ3) is 4.48. The maximum atomic E-state index is 12.2. The SMILES string of the molecule is C=CCN1CCO[C@@H](c2ccc(OS(=O)(=O)c3ccccc3)cc2)C1. The molecule has 0 aliphatic carbocycles. The number of morpholine rings is 1. The van der Waals surface area contributed by atoms with Crippen LogP contribution in [0, 0.1) is 0 Å². The lowest BCUT2D eigenvalue weighted by Crippen LogP contribution is -2.38. The summed E-state index contributed by atoms with van der Waals surface area (Å²) in [5.74, 6) is 0.284. The molecule has 0 radical (unpaired) electrons. The van der Waals surface area contributed by atoms with E-state index in [1.807, 2.05) is 18.2 Å². The van der Waals surface area contributed by atoms with Crippen molar-refractivity contribution in [3.8, 4) is 5.75 Å². The fourth-order valence-electron chi connectivity index (χ4n) is 2.75. The van der Waals surface area contributed by atoms with E-state index in [9.17, 15) is 8.42 Å². The summed E-state index contributed by atoms with van der Waals surface area (Å²) in [4.78, 5) is 2.40. The largest absolute Gasteiger partial charge is 0.379 e. The van der Waals surface area contributed by atoms with Crippen LogP contribution in [0.1, 0.15) is 11.7 Å². The molecule has 2 aromatic carbocycles. The van der Waals surface area contributed by atoms with E-state index in [2.05, 4.69) is 11.5 Å². The second-order valence-electron chi connectivity index (χ2n) is 5.83. The fourth-order valence-corrected chi connectivity index (χ4v) is 3.70. The Hall–Kier alpha value is -2.15. The van der Waals surface area contributed by atoms with Crippen LogP contribution in [0.15, 0.2) is 72.1 Å². The molecule has 25 heavy (non-hydrogen) atoms. The minimum Gasteiger partial charge on any atom is -0.379 e. The lowest BCUT2D eigenvalue weighted by molar-refractivity contribution is -0.0260. The molecule has 0 unspecified atom stereocenters. The molecule has 132 valence electrons. The molecule has 0 bridgehead atoms. The van der Waals surface area contributed by atoms with Gasteiger partial charge in [-0.3, -0.25) is 4.90 Å². The molecule has 5 nitrogen and oxygen atoms in total.